The first-order valence-electron chi connectivity index (χ1n) is 8.30. The van der Waals surface area contributed by atoms with Crippen LogP contribution in [0.5, 0.6) is 0 Å². The highest BCUT2D eigenvalue weighted by atomic mass is 16.1. The van der Waals surface area contributed by atoms with Gasteiger partial charge >= 0.3 is 0 Å². The fourth-order valence-corrected chi connectivity index (χ4v) is 3.46. The molecule has 1 N–H and O–H groups in total. The fourth-order valence-electron chi connectivity index (χ4n) is 3.46. The Morgan fingerprint density at radius 2 is 1.76 bits per heavy atom. The summed E-state index contributed by atoms with van der Waals surface area (Å²) in [5.41, 5.74) is 4.76. The van der Waals surface area contributed by atoms with Gasteiger partial charge in [0.1, 0.15) is 5.82 Å². The molecule has 4 rings (SSSR count). The fraction of sp³-hybridized carbons (Fsp3) is 0.263. The van der Waals surface area contributed by atoms with Crippen molar-refractivity contribution < 1.29 is 4.79 Å². The summed E-state index contributed by atoms with van der Waals surface area (Å²) in [5, 5.41) is 7.60. The minimum atomic E-state index is -0.0214. The smallest absolute Gasteiger partial charge is 0.252 e. The molecule has 3 heterocycles. The molecule has 0 bridgehead atoms. The summed E-state index contributed by atoms with van der Waals surface area (Å²) in [6.07, 6.45) is 0.414. The molecule has 3 aromatic rings. The number of carbonyl (C=O) groups is 1. The third-order valence-electron chi connectivity index (χ3n) is 4.46. The van der Waals surface area contributed by atoms with Gasteiger partial charge < -0.3 is 5.32 Å². The molecule has 1 aliphatic heterocycles. The molecule has 0 unspecified atom stereocenters. The number of amides is 1. The quantitative estimate of drug-likeness (QED) is 0.782. The van der Waals surface area contributed by atoms with Crippen molar-refractivity contribution in [2.45, 2.75) is 33.1 Å². The lowest BCUT2D eigenvalue weighted by Crippen LogP contribution is -2.25. The Kier molecular flexibility index (Phi) is 3.60. The van der Waals surface area contributed by atoms with Gasteiger partial charge in [-0.05, 0) is 32.4 Å². The van der Waals surface area contributed by atoms with E-state index in [0.717, 1.165) is 28.2 Å². The number of hydrogen-bond acceptors (Lipinski definition) is 4. The van der Waals surface area contributed by atoms with E-state index in [1.807, 2.05) is 45.0 Å². The van der Waals surface area contributed by atoms with Gasteiger partial charge in [0, 0.05) is 29.3 Å². The van der Waals surface area contributed by atoms with Gasteiger partial charge in [0.2, 0.25) is 5.91 Å². The molecule has 25 heavy (non-hydrogen) atoms. The maximum Gasteiger partial charge on any atom is 0.252 e. The van der Waals surface area contributed by atoms with Gasteiger partial charge in [-0.25, -0.2) is 9.97 Å². The minimum absolute atomic E-state index is 0.00962. The minimum Gasteiger partial charge on any atom is -0.310 e. The molecule has 6 nitrogen and oxygen atoms in total. The summed E-state index contributed by atoms with van der Waals surface area (Å²) < 4.78 is 1.65. The molecule has 0 saturated carbocycles. The lowest BCUT2D eigenvalue weighted by molar-refractivity contribution is -0.116. The topological polar surface area (TPSA) is 72.7 Å². The average molecular weight is 333 g/mol. The summed E-state index contributed by atoms with van der Waals surface area (Å²) in [4.78, 5) is 21.3. The van der Waals surface area contributed by atoms with Gasteiger partial charge in [-0.3, -0.25) is 4.79 Å². The molecular weight excluding hydrogens is 314 g/mol. The molecule has 0 spiro atoms. The third-order valence-corrected chi connectivity index (χ3v) is 4.46. The van der Waals surface area contributed by atoms with Gasteiger partial charge in [-0.1, -0.05) is 30.3 Å². The highest BCUT2D eigenvalue weighted by Gasteiger charge is 2.33. The molecule has 1 aliphatic rings. The molecular formula is C19H19N5O. The van der Waals surface area contributed by atoms with Gasteiger partial charge in [0.05, 0.1) is 5.69 Å². The van der Waals surface area contributed by atoms with Gasteiger partial charge in [-0.2, -0.15) is 9.78 Å². The molecule has 6 heteroatoms. The highest BCUT2D eigenvalue weighted by molar-refractivity contribution is 5.95. The van der Waals surface area contributed by atoms with Crippen LogP contribution in [0.4, 0.5) is 5.82 Å². The Hall–Kier alpha value is -3.02. The van der Waals surface area contributed by atoms with Crippen LogP contribution in [0.3, 0.4) is 0 Å². The summed E-state index contributed by atoms with van der Waals surface area (Å²) in [6.45, 7) is 5.81. The second-order valence-electron chi connectivity index (χ2n) is 6.43. The van der Waals surface area contributed by atoms with E-state index in [1.54, 1.807) is 4.68 Å². The van der Waals surface area contributed by atoms with Crippen LogP contribution in [0.15, 0.2) is 36.4 Å². The number of aromatic nitrogens is 4. The summed E-state index contributed by atoms with van der Waals surface area (Å²) in [6, 6.07) is 12.0. The Morgan fingerprint density at radius 1 is 1.08 bits per heavy atom. The van der Waals surface area contributed by atoms with E-state index in [0.29, 0.717) is 18.2 Å². The van der Waals surface area contributed by atoms with Gasteiger partial charge in [0.25, 0.3) is 5.95 Å². The molecule has 0 radical (unpaired) electrons. The van der Waals surface area contributed by atoms with Crippen LogP contribution < -0.4 is 5.32 Å². The van der Waals surface area contributed by atoms with E-state index in [-0.39, 0.29) is 11.8 Å². The monoisotopic (exact) mass is 333 g/mol. The van der Waals surface area contributed by atoms with Crippen LogP contribution in [-0.2, 0) is 4.79 Å². The molecule has 0 aliphatic carbocycles. The van der Waals surface area contributed by atoms with Crippen LogP contribution in [-0.4, -0.2) is 25.7 Å². The standard InChI is InChI=1S/C19H19N5O/c1-11-9-12(2)21-19(20-11)24-18-17(13(3)23-24)15(10-16(25)22-18)14-7-5-4-6-8-14/h4-9,15H,10H2,1-3H3,(H,22,25)/t15-/m0/s1. The molecule has 2 aromatic heterocycles. The van der Waals surface area contributed by atoms with Crippen LogP contribution in [0.2, 0.25) is 0 Å². The predicted octanol–water partition coefficient (Wildman–Crippen LogP) is 3.06. The van der Waals surface area contributed by atoms with Gasteiger partial charge in [-0.15, -0.1) is 0 Å². The average Bonchev–Trinajstić information content (AvgIpc) is 2.91. The van der Waals surface area contributed by atoms with Crippen LogP contribution >= 0.6 is 0 Å². The van der Waals surface area contributed by atoms with E-state index in [9.17, 15) is 4.79 Å². The normalized spacial score (nSPS) is 16.4. The van der Waals surface area contributed by atoms with Crippen molar-refractivity contribution in [2.75, 3.05) is 5.32 Å². The maximum atomic E-state index is 12.3. The predicted molar refractivity (Wildman–Crippen MR) is 94.9 cm³/mol. The number of rotatable bonds is 2. The molecule has 0 fully saturated rings. The molecule has 1 aromatic carbocycles. The zero-order valence-corrected chi connectivity index (χ0v) is 14.4. The Labute approximate surface area is 145 Å². The van der Waals surface area contributed by atoms with E-state index < -0.39 is 0 Å². The lowest BCUT2D eigenvalue weighted by Gasteiger charge is -2.24. The number of nitrogens with zero attached hydrogens (tertiary/aromatic N) is 4. The SMILES string of the molecule is Cc1cc(C)nc(-n2nc(C)c3c2NC(=O)C[C@H]3c2ccccc2)n1. The third kappa shape index (κ3) is 2.69. The Bertz CT molecular complexity index is 941. The molecule has 1 atom stereocenters. The van der Waals surface area contributed by atoms with Crippen molar-refractivity contribution in [1.29, 1.82) is 0 Å². The number of carbonyl (C=O) groups excluding carboxylic acids is 1. The lowest BCUT2D eigenvalue weighted by atomic mass is 9.86. The second-order valence-corrected chi connectivity index (χ2v) is 6.43. The van der Waals surface area contributed by atoms with Crippen LogP contribution in [0.1, 0.15) is 40.5 Å². The molecule has 1 amide bonds. The van der Waals surface area contributed by atoms with E-state index in [4.69, 9.17) is 0 Å². The summed E-state index contributed by atoms with van der Waals surface area (Å²) in [5.74, 6) is 1.12. The number of anilines is 1. The van der Waals surface area contributed by atoms with E-state index >= 15 is 0 Å². The number of hydrogen-bond donors (Lipinski definition) is 1. The maximum absolute atomic E-state index is 12.3. The van der Waals surface area contributed by atoms with Crippen molar-refractivity contribution in [3.63, 3.8) is 0 Å². The number of aryl methyl sites for hydroxylation is 3. The molecule has 0 saturated heterocycles. The van der Waals surface area contributed by atoms with Crippen molar-refractivity contribution >= 4 is 11.7 Å². The van der Waals surface area contributed by atoms with E-state index in [2.05, 4.69) is 32.5 Å². The first kappa shape index (κ1) is 15.5. The van der Waals surface area contributed by atoms with Crippen molar-refractivity contribution in [1.82, 2.24) is 19.7 Å². The first-order valence-corrected chi connectivity index (χ1v) is 8.30. The zero-order chi connectivity index (χ0) is 17.6. The van der Waals surface area contributed by atoms with Crippen molar-refractivity contribution in [2.24, 2.45) is 0 Å². The summed E-state index contributed by atoms with van der Waals surface area (Å²) in [7, 11) is 0. The van der Waals surface area contributed by atoms with Crippen molar-refractivity contribution in [3.8, 4) is 5.95 Å². The Balaban J connectivity index is 1.90. The largest absolute Gasteiger partial charge is 0.310 e. The number of fused-ring (bicyclic) bond motifs is 1. The second kappa shape index (κ2) is 5.81. The van der Waals surface area contributed by atoms with E-state index in [1.165, 1.54) is 0 Å². The number of benzene rings is 1. The first-order chi connectivity index (χ1) is 12.0. The van der Waals surface area contributed by atoms with Crippen LogP contribution in [0, 0.1) is 20.8 Å². The Morgan fingerprint density at radius 3 is 2.44 bits per heavy atom. The molecule has 126 valence electrons. The van der Waals surface area contributed by atoms with Crippen LogP contribution in [0.25, 0.3) is 5.95 Å². The summed E-state index contributed by atoms with van der Waals surface area (Å²) >= 11 is 0. The highest BCUT2D eigenvalue weighted by Crippen LogP contribution is 2.39. The number of nitrogens with one attached hydrogen (secondary N) is 1. The zero-order valence-electron chi connectivity index (χ0n) is 14.4. The van der Waals surface area contributed by atoms with Crippen molar-refractivity contribution in [3.05, 3.63) is 64.6 Å². The van der Waals surface area contributed by atoms with Gasteiger partial charge in [0.15, 0.2) is 0 Å².